The number of rotatable bonds is 19. The van der Waals surface area contributed by atoms with Crippen LogP contribution in [0.15, 0.2) is 0 Å². The second kappa shape index (κ2) is 20.9. The van der Waals surface area contributed by atoms with Crippen molar-refractivity contribution in [1.29, 1.82) is 0 Å². The van der Waals surface area contributed by atoms with Gasteiger partial charge in [-0.15, -0.1) is 0 Å². The lowest BCUT2D eigenvalue weighted by Gasteiger charge is -2.06. The zero-order valence-corrected chi connectivity index (χ0v) is 15.2. The molecule has 0 rings (SSSR count). The minimum absolute atomic E-state index is 0.676. The lowest BCUT2D eigenvalue weighted by Crippen LogP contribution is -2.09. The highest BCUT2D eigenvalue weighted by atomic mass is 16.5. The van der Waals surface area contributed by atoms with E-state index in [1.807, 2.05) is 6.92 Å². The molecule has 0 unspecified atom stereocenters. The Morgan fingerprint density at radius 1 is 0.409 bits per heavy atom. The first-order valence-corrected chi connectivity index (χ1v) is 9.65. The Morgan fingerprint density at radius 3 is 1.32 bits per heavy atom. The van der Waals surface area contributed by atoms with Gasteiger partial charge in [-0.25, -0.2) is 0 Å². The Balaban J connectivity index is 2.91. The van der Waals surface area contributed by atoms with E-state index in [0.717, 1.165) is 13.2 Å². The molecule has 0 radical (unpaired) electrons. The monoisotopic (exact) mass is 316 g/mol. The van der Waals surface area contributed by atoms with Crippen LogP contribution in [0.3, 0.4) is 0 Å². The molecule has 134 valence electrons. The zero-order valence-electron chi connectivity index (χ0n) is 15.2. The molecule has 0 aromatic carbocycles. The van der Waals surface area contributed by atoms with Crippen LogP contribution >= 0.6 is 0 Å². The van der Waals surface area contributed by atoms with E-state index in [0.29, 0.717) is 26.4 Å². The van der Waals surface area contributed by atoms with Gasteiger partial charge in [0.25, 0.3) is 0 Å². The molecule has 0 aromatic heterocycles. The van der Waals surface area contributed by atoms with Gasteiger partial charge in [0.05, 0.1) is 26.4 Å². The van der Waals surface area contributed by atoms with Crippen molar-refractivity contribution in [2.75, 3.05) is 39.6 Å². The number of unbranched alkanes of at least 4 members (excludes halogenated alkanes) is 10. The summed E-state index contributed by atoms with van der Waals surface area (Å²) in [6, 6.07) is 0. The molecule has 0 spiro atoms. The van der Waals surface area contributed by atoms with Crippen molar-refractivity contribution in [3.05, 3.63) is 0 Å². The first-order valence-electron chi connectivity index (χ1n) is 9.65. The number of hydrogen-bond donors (Lipinski definition) is 0. The Hall–Kier alpha value is -0.120. The lowest BCUT2D eigenvalue weighted by molar-refractivity contribution is 0.0162. The number of hydrogen-bond acceptors (Lipinski definition) is 3. The van der Waals surface area contributed by atoms with Crippen molar-refractivity contribution in [3.63, 3.8) is 0 Å². The normalized spacial score (nSPS) is 11.2. The van der Waals surface area contributed by atoms with E-state index in [1.54, 1.807) is 0 Å². The third kappa shape index (κ3) is 19.9. The summed E-state index contributed by atoms with van der Waals surface area (Å²) >= 11 is 0. The lowest BCUT2D eigenvalue weighted by atomic mass is 10.1. The molecule has 0 aromatic rings. The van der Waals surface area contributed by atoms with Gasteiger partial charge in [0, 0.05) is 13.2 Å². The average molecular weight is 317 g/mol. The summed E-state index contributed by atoms with van der Waals surface area (Å²) in [4.78, 5) is 0. The Bertz CT molecular complexity index is 166. The second-order valence-corrected chi connectivity index (χ2v) is 5.96. The van der Waals surface area contributed by atoms with Crippen LogP contribution in [0.5, 0.6) is 0 Å². The maximum atomic E-state index is 5.56. The molecule has 3 nitrogen and oxygen atoms in total. The molecule has 0 aliphatic carbocycles. The summed E-state index contributed by atoms with van der Waals surface area (Å²) in [5.41, 5.74) is 0. The highest BCUT2D eigenvalue weighted by Gasteiger charge is 1.94. The van der Waals surface area contributed by atoms with Gasteiger partial charge in [-0.2, -0.15) is 0 Å². The highest BCUT2D eigenvalue weighted by Crippen LogP contribution is 2.11. The van der Waals surface area contributed by atoms with Gasteiger partial charge in [-0.3, -0.25) is 0 Å². The summed E-state index contributed by atoms with van der Waals surface area (Å²) < 4.78 is 16.1. The summed E-state index contributed by atoms with van der Waals surface area (Å²) in [6.07, 6.45) is 15.2. The van der Waals surface area contributed by atoms with Crippen LogP contribution in [0.4, 0.5) is 0 Å². The van der Waals surface area contributed by atoms with Gasteiger partial charge in [-0.1, -0.05) is 71.1 Å². The van der Waals surface area contributed by atoms with Crippen LogP contribution < -0.4 is 0 Å². The third-order valence-corrected chi connectivity index (χ3v) is 3.84. The largest absolute Gasteiger partial charge is 0.379 e. The highest BCUT2D eigenvalue weighted by molar-refractivity contribution is 4.48. The van der Waals surface area contributed by atoms with Gasteiger partial charge in [-0.05, 0) is 13.3 Å². The summed E-state index contributed by atoms with van der Waals surface area (Å²) in [6.45, 7) is 8.68. The van der Waals surface area contributed by atoms with E-state index in [-0.39, 0.29) is 0 Å². The summed E-state index contributed by atoms with van der Waals surface area (Å²) in [7, 11) is 0. The SMILES string of the molecule is CCCCCCCCCCCCCOCCOCCOCC. The Kier molecular flexibility index (Phi) is 20.8. The zero-order chi connectivity index (χ0) is 16.1. The van der Waals surface area contributed by atoms with Gasteiger partial charge in [0.15, 0.2) is 0 Å². The van der Waals surface area contributed by atoms with Crippen LogP contribution in [0.25, 0.3) is 0 Å². The fraction of sp³-hybridized carbons (Fsp3) is 1.00. The Morgan fingerprint density at radius 2 is 0.818 bits per heavy atom. The molecule has 0 aliphatic heterocycles. The van der Waals surface area contributed by atoms with E-state index >= 15 is 0 Å². The van der Waals surface area contributed by atoms with Crippen molar-refractivity contribution in [2.24, 2.45) is 0 Å². The molecule has 0 heterocycles. The molecule has 0 aliphatic rings. The van der Waals surface area contributed by atoms with Crippen molar-refractivity contribution < 1.29 is 14.2 Å². The van der Waals surface area contributed by atoms with Gasteiger partial charge < -0.3 is 14.2 Å². The molecular weight excluding hydrogens is 276 g/mol. The molecule has 0 saturated heterocycles. The average Bonchev–Trinajstić information content (AvgIpc) is 2.54. The van der Waals surface area contributed by atoms with Gasteiger partial charge in [0.2, 0.25) is 0 Å². The first-order chi connectivity index (χ1) is 10.9. The first kappa shape index (κ1) is 21.9. The van der Waals surface area contributed by atoms with Crippen LogP contribution in [0, 0.1) is 0 Å². The maximum absolute atomic E-state index is 5.56. The van der Waals surface area contributed by atoms with E-state index in [4.69, 9.17) is 14.2 Å². The molecule has 0 fully saturated rings. The molecule has 3 heteroatoms. The fourth-order valence-corrected chi connectivity index (χ4v) is 2.45. The quantitative estimate of drug-likeness (QED) is 0.300. The predicted molar refractivity (Wildman–Crippen MR) is 94.6 cm³/mol. The second-order valence-electron chi connectivity index (χ2n) is 5.96. The van der Waals surface area contributed by atoms with Crippen LogP contribution in [0.1, 0.15) is 84.5 Å². The minimum Gasteiger partial charge on any atom is -0.379 e. The molecular formula is C19H40O3. The van der Waals surface area contributed by atoms with E-state index < -0.39 is 0 Å². The molecule has 0 atom stereocenters. The van der Waals surface area contributed by atoms with Crippen LogP contribution in [-0.4, -0.2) is 39.6 Å². The van der Waals surface area contributed by atoms with E-state index in [2.05, 4.69) is 6.92 Å². The van der Waals surface area contributed by atoms with Crippen LogP contribution in [-0.2, 0) is 14.2 Å². The Labute approximate surface area is 139 Å². The van der Waals surface area contributed by atoms with Gasteiger partial charge in [0.1, 0.15) is 0 Å². The minimum atomic E-state index is 0.676. The molecule has 0 amide bonds. The van der Waals surface area contributed by atoms with Crippen molar-refractivity contribution in [2.45, 2.75) is 84.5 Å². The standard InChI is InChI=1S/C19H40O3/c1-3-5-6-7-8-9-10-11-12-13-14-15-21-18-19-22-17-16-20-4-2/h3-19H2,1-2H3. The molecule has 0 N–H and O–H groups in total. The summed E-state index contributed by atoms with van der Waals surface area (Å²) in [5, 5.41) is 0. The smallest absolute Gasteiger partial charge is 0.0701 e. The topological polar surface area (TPSA) is 27.7 Å². The van der Waals surface area contributed by atoms with Crippen molar-refractivity contribution in [3.8, 4) is 0 Å². The molecule has 0 saturated carbocycles. The van der Waals surface area contributed by atoms with Gasteiger partial charge >= 0.3 is 0 Å². The maximum Gasteiger partial charge on any atom is 0.0701 e. The van der Waals surface area contributed by atoms with Crippen molar-refractivity contribution in [1.82, 2.24) is 0 Å². The van der Waals surface area contributed by atoms with Crippen LogP contribution in [0.2, 0.25) is 0 Å². The predicted octanol–water partition coefficient (Wildman–Crippen LogP) is 5.37. The van der Waals surface area contributed by atoms with E-state index in [9.17, 15) is 0 Å². The molecule has 22 heavy (non-hydrogen) atoms. The van der Waals surface area contributed by atoms with E-state index in [1.165, 1.54) is 70.6 Å². The summed E-state index contributed by atoms with van der Waals surface area (Å²) in [5.74, 6) is 0. The number of ether oxygens (including phenoxy) is 3. The third-order valence-electron chi connectivity index (χ3n) is 3.84. The molecule has 0 bridgehead atoms. The van der Waals surface area contributed by atoms with Crippen molar-refractivity contribution >= 4 is 0 Å². The fourth-order valence-electron chi connectivity index (χ4n) is 2.45.